The molecule has 0 radical (unpaired) electrons. The number of ether oxygens (including phenoxy) is 3. The number of likely N-dealkylation sites (N-methyl/N-ethyl adjacent to an activating group) is 1. The molecule has 12 atom stereocenters. The first kappa shape index (κ1) is 45.2. The van der Waals surface area contributed by atoms with Crippen molar-refractivity contribution < 1.29 is 39.1 Å². The highest BCUT2D eigenvalue weighted by molar-refractivity contribution is 5.91. The van der Waals surface area contributed by atoms with Crippen molar-refractivity contribution in [3.8, 4) is 0 Å². The first-order valence-electron chi connectivity index (χ1n) is 20.7. The summed E-state index contributed by atoms with van der Waals surface area (Å²) in [5.41, 5.74) is 2.09. The van der Waals surface area contributed by atoms with E-state index in [1.807, 2.05) is 59.0 Å². The molecule has 310 valence electrons. The van der Waals surface area contributed by atoms with Gasteiger partial charge in [0.2, 0.25) is 0 Å². The molecule has 0 amide bonds. The van der Waals surface area contributed by atoms with Crippen molar-refractivity contribution in [1.29, 1.82) is 0 Å². The normalized spacial score (nSPS) is 36.7. The Hall–Kier alpha value is -2.48. The minimum Gasteiger partial charge on any atom is -0.462 e. The highest BCUT2D eigenvalue weighted by atomic mass is 16.7. The van der Waals surface area contributed by atoms with Gasteiger partial charge in [-0.15, -0.1) is 0 Å². The molecule has 55 heavy (non-hydrogen) atoms. The zero-order valence-electron chi connectivity index (χ0n) is 34.8. The van der Waals surface area contributed by atoms with Crippen molar-refractivity contribution >= 4 is 11.8 Å². The lowest BCUT2D eigenvalue weighted by molar-refractivity contribution is -0.304. The van der Waals surface area contributed by atoms with Gasteiger partial charge in [0.15, 0.2) is 12.1 Å². The Bertz CT molecular complexity index is 1380. The molecule has 0 aliphatic carbocycles. The number of hydrogen-bond acceptors (Lipinski definition) is 11. The van der Waals surface area contributed by atoms with Crippen LogP contribution in [-0.4, -0.2) is 138 Å². The largest absolute Gasteiger partial charge is 0.462 e. The number of hydrogen-bond donors (Lipinski definition) is 3. The van der Waals surface area contributed by atoms with Crippen LogP contribution in [0.2, 0.25) is 0 Å². The van der Waals surface area contributed by atoms with Crippen molar-refractivity contribution in [2.24, 2.45) is 23.7 Å². The van der Waals surface area contributed by atoms with Crippen LogP contribution < -0.4 is 0 Å². The Morgan fingerprint density at radius 2 is 1.64 bits per heavy atom. The molecule has 7 unspecified atom stereocenters. The first-order chi connectivity index (χ1) is 26.2. The topological polar surface area (TPSA) is 132 Å². The fraction of sp³-hybridized carbons (Fsp3) is 0.727. The number of nitrogens with zero attached hydrogens (tertiary/aromatic N) is 3. The highest BCUT2D eigenvalue weighted by Gasteiger charge is 2.47. The third-order valence-electron chi connectivity index (χ3n) is 12.0. The Morgan fingerprint density at radius 1 is 0.945 bits per heavy atom. The van der Waals surface area contributed by atoms with Crippen LogP contribution in [-0.2, 0) is 30.3 Å². The number of piperidine rings is 1. The Labute approximate surface area is 330 Å². The lowest BCUT2D eigenvalue weighted by atomic mass is 9.79. The van der Waals surface area contributed by atoms with Gasteiger partial charge < -0.3 is 44.2 Å². The molecule has 4 rings (SSSR count). The number of carbonyl (C=O) groups is 2. The standard InChI is InChI=1S/C44H71N3O8/c1-9-38-35(28-46(8)27-33-16-12-10-13-17-33)24-29(2)18-19-36(48)30(3)25-34(20-23-47-21-14-11-15-22-47)43(31(4)37(49)26-39(50)54-38)55-44-42(52)40(45(6)7)41(51)32(5)53-44/h10,12-13,16-19,24,30-32,34-35,37-38,40-44,49,51-52H,9,11,14-15,20-23,25-28H2,1-8H3/b19-18-,29-24+/t30?,31?,32-,34?,35?,37?,38?,40+,41-,42-,43?,44+/m1/s1. The van der Waals surface area contributed by atoms with E-state index in [4.69, 9.17) is 14.2 Å². The Kier molecular flexibility index (Phi) is 18.0. The average molecular weight is 770 g/mol. The summed E-state index contributed by atoms with van der Waals surface area (Å²) in [6.45, 7) is 13.7. The second-order valence-electron chi connectivity index (χ2n) is 16.9. The van der Waals surface area contributed by atoms with Crippen LogP contribution in [0.3, 0.4) is 0 Å². The number of benzene rings is 1. The molecule has 3 aliphatic heterocycles. The molecular weight excluding hydrogens is 698 g/mol. The highest BCUT2D eigenvalue weighted by Crippen LogP contribution is 2.35. The Morgan fingerprint density at radius 3 is 2.29 bits per heavy atom. The predicted molar refractivity (Wildman–Crippen MR) is 215 cm³/mol. The quantitative estimate of drug-likeness (QED) is 0.268. The van der Waals surface area contributed by atoms with Crippen molar-refractivity contribution in [2.75, 3.05) is 47.3 Å². The van der Waals surface area contributed by atoms with E-state index in [0.717, 1.165) is 44.6 Å². The summed E-state index contributed by atoms with van der Waals surface area (Å²) in [6, 6.07) is 9.58. The van der Waals surface area contributed by atoms with Gasteiger partial charge in [-0.3, -0.25) is 9.59 Å². The molecule has 3 N–H and O–H groups in total. The summed E-state index contributed by atoms with van der Waals surface area (Å²) in [5.74, 6) is -1.80. The van der Waals surface area contributed by atoms with E-state index in [2.05, 4.69) is 28.0 Å². The first-order valence-corrected chi connectivity index (χ1v) is 20.7. The van der Waals surface area contributed by atoms with Crippen LogP contribution in [0, 0.1) is 23.7 Å². The molecule has 1 aromatic rings. The molecule has 11 nitrogen and oxygen atoms in total. The van der Waals surface area contributed by atoms with E-state index in [1.165, 1.54) is 12.0 Å². The number of likely N-dealkylation sites (tertiary alicyclic amines) is 1. The van der Waals surface area contributed by atoms with Crippen LogP contribution in [0.25, 0.3) is 0 Å². The van der Waals surface area contributed by atoms with Gasteiger partial charge in [0.25, 0.3) is 0 Å². The minimum atomic E-state index is -1.18. The third-order valence-corrected chi connectivity index (χ3v) is 12.0. The zero-order chi connectivity index (χ0) is 40.2. The van der Waals surface area contributed by atoms with Gasteiger partial charge in [-0.25, -0.2) is 0 Å². The average Bonchev–Trinajstić information content (AvgIpc) is 3.15. The molecule has 0 bridgehead atoms. The maximum atomic E-state index is 13.8. The van der Waals surface area contributed by atoms with Crippen molar-refractivity contribution in [3.63, 3.8) is 0 Å². The van der Waals surface area contributed by atoms with Gasteiger partial charge in [-0.2, -0.15) is 0 Å². The molecule has 1 aromatic carbocycles. The van der Waals surface area contributed by atoms with Gasteiger partial charge in [0, 0.05) is 30.8 Å². The summed E-state index contributed by atoms with van der Waals surface area (Å²) >= 11 is 0. The molecule has 2 saturated heterocycles. The Balaban J connectivity index is 1.67. The lowest BCUT2D eigenvalue weighted by Gasteiger charge is -2.47. The van der Waals surface area contributed by atoms with Gasteiger partial charge in [0.05, 0.1) is 36.9 Å². The number of rotatable bonds is 11. The molecule has 3 aliphatic rings. The summed E-state index contributed by atoms with van der Waals surface area (Å²) < 4.78 is 19.1. The van der Waals surface area contributed by atoms with Crippen LogP contribution in [0.4, 0.5) is 0 Å². The van der Waals surface area contributed by atoms with Gasteiger partial charge in [-0.05, 0) is 104 Å². The molecule has 0 aromatic heterocycles. The van der Waals surface area contributed by atoms with Gasteiger partial charge in [-0.1, -0.05) is 75.2 Å². The van der Waals surface area contributed by atoms with Gasteiger partial charge >= 0.3 is 5.97 Å². The van der Waals surface area contributed by atoms with E-state index in [1.54, 1.807) is 32.0 Å². The van der Waals surface area contributed by atoms with E-state index < -0.39 is 60.8 Å². The number of cyclic esters (lactones) is 1. The van der Waals surface area contributed by atoms with E-state index in [-0.39, 0.29) is 30.0 Å². The predicted octanol–water partition coefficient (Wildman–Crippen LogP) is 4.83. The third kappa shape index (κ3) is 13.3. The fourth-order valence-corrected chi connectivity index (χ4v) is 8.71. The second-order valence-corrected chi connectivity index (χ2v) is 16.9. The second kappa shape index (κ2) is 21.9. The maximum Gasteiger partial charge on any atom is 0.308 e. The molecule has 2 fully saturated rings. The van der Waals surface area contributed by atoms with E-state index in [0.29, 0.717) is 25.8 Å². The van der Waals surface area contributed by atoms with Crippen molar-refractivity contribution in [1.82, 2.24) is 14.7 Å². The summed E-state index contributed by atoms with van der Waals surface area (Å²) in [6.07, 6.45) is 4.53. The lowest BCUT2D eigenvalue weighted by Crippen LogP contribution is -2.63. The molecular formula is C44H71N3O8. The number of aliphatic hydroxyl groups is 3. The van der Waals surface area contributed by atoms with E-state index in [9.17, 15) is 24.9 Å². The fourth-order valence-electron chi connectivity index (χ4n) is 8.71. The maximum absolute atomic E-state index is 13.8. The van der Waals surface area contributed by atoms with Crippen LogP contribution in [0.5, 0.6) is 0 Å². The monoisotopic (exact) mass is 770 g/mol. The number of aliphatic hydroxyl groups excluding tert-OH is 3. The SMILES string of the molecule is CCC1OC(=O)CC(O)C(C)C(O[C@@H]2O[C@H](C)[C@@H](O)[C@H](N(C)C)[C@H]2O)C(CCN2CCCCC2)CC(C)C(=O)/C=C\C(C)=C\C1CN(C)Cc1ccccc1. The van der Waals surface area contributed by atoms with Crippen LogP contribution in [0.1, 0.15) is 85.1 Å². The number of carbonyl (C=O) groups excluding carboxylic acids is 2. The van der Waals surface area contributed by atoms with Crippen molar-refractivity contribution in [3.05, 3.63) is 59.7 Å². The number of esters is 1. The zero-order valence-corrected chi connectivity index (χ0v) is 34.8. The smallest absolute Gasteiger partial charge is 0.308 e. The van der Waals surface area contributed by atoms with Gasteiger partial charge in [0.1, 0.15) is 12.2 Å². The summed E-state index contributed by atoms with van der Waals surface area (Å²) in [4.78, 5) is 34.0. The van der Waals surface area contributed by atoms with E-state index >= 15 is 0 Å². The number of allylic oxidation sites excluding steroid dienone is 3. The molecule has 11 heteroatoms. The summed E-state index contributed by atoms with van der Waals surface area (Å²) in [5, 5.41) is 34.3. The summed E-state index contributed by atoms with van der Waals surface area (Å²) in [7, 11) is 5.64. The number of ketones is 1. The molecule has 0 spiro atoms. The minimum absolute atomic E-state index is 0.00403. The van der Waals surface area contributed by atoms with Crippen LogP contribution in [0.15, 0.2) is 54.1 Å². The van der Waals surface area contributed by atoms with Crippen molar-refractivity contribution in [2.45, 2.75) is 135 Å². The molecule has 3 heterocycles. The van der Waals surface area contributed by atoms with Crippen LogP contribution >= 0.6 is 0 Å². The molecule has 0 saturated carbocycles.